The molecule has 0 aliphatic carbocycles. The fraction of sp³-hybridized carbons (Fsp3) is 0.577. The highest BCUT2D eigenvalue weighted by molar-refractivity contribution is 6.01. The maximum Gasteiger partial charge on any atom is 0.332 e. The molecule has 1 aliphatic heterocycles. The first-order chi connectivity index (χ1) is 17.4. The molecule has 1 heterocycles. The summed E-state index contributed by atoms with van der Waals surface area (Å²) in [6.45, 7) is 10.2. The highest BCUT2D eigenvalue weighted by atomic mass is 16.6. The van der Waals surface area contributed by atoms with Crippen LogP contribution in [0.2, 0.25) is 0 Å². The normalized spacial score (nSPS) is 25.0. The number of cyclic esters (lactones) is 2. The molecule has 2 amide bonds. The zero-order valence-electron chi connectivity index (χ0n) is 22.0. The maximum atomic E-state index is 13.3. The van der Waals surface area contributed by atoms with Crippen LogP contribution < -0.4 is 10.6 Å². The van der Waals surface area contributed by atoms with E-state index in [9.17, 15) is 29.1 Å². The first kappa shape index (κ1) is 29.6. The maximum absolute atomic E-state index is 13.3. The summed E-state index contributed by atoms with van der Waals surface area (Å²) in [6.07, 6.45) is -1.81. The van der Waals surface area contributed by atoms with Gasteiger partial charge in [0.2, 0.25) is 6.41 Å². The molecule has 0 aromatic heterocycles. The van der Waals surface area contributed by atoms with Gasteiger partial charge in [-0.15, -0.1) is 0 Å². The van der Waals surface area contributed by atoms with E-state index < -0.39 is 65.8 Å². The number of carbonyl (C=O) groups is 5. The van der Waals surface area contributed by atoms with Crippen molar-refractivity contribution in [3.8, 4) is 5.75 Å². The zero-order valence-corrected chi connectivity index (χ0v) is 22.0. The van der Waals surface area contributed by atoms with Gasteiger partial charge >= 0.3 is 17.9 Å². The highest BCUT2D eigenvalue weighted by Gasteiger charge is 2.44. The number of benzene rings is 1. The van der Waals surface area contributed by atoms with E-state index in [0.29, 0.717) is 12.8 Å². The third-order valence-corrected chi connectivity index (χ3v) is 6.35. The first-order valence-corrected chi connectivity index (χ1v) is 12.4. The van der Waals surface area contributed by atoms with Crippen LogP contribution in [0.25, 0.3) is 0 Å². The van der Waals surface area contributed by atoms with E-state index in [2.05, 4.69) is 10.6 Å². The Morgan fingerprint density at radius 2 is 1.76 bits per heavy atom. The Balaban J connectivity index is 2.39. The quantitative estimate of drug-likeness (QED) is 0.193. The fourth-order valence-corrected chi connectivity index (χ4v) is 3.90. The van der Waals surface area contributed by atoms with Gasteiger partial charge in [0.25, 0.3) is 5.91 Å². The van der Waals surface area contributed by atoms with E-state index in [1.165, 1.54) is 32.0 Å². The van der Waals surface area contributed by atoms with E-state index in [1.807, 2.05) is 13.8 Å². The van der Waals surface area contributed by atoms with Gasteiger partial charge in [-0.1, -0.05) is 40.2 Å². The van der Waals surface area contributed by atoms with E-state index in [1.54, 1.807) is 13.8 Å². The molecule has 6 atom stereocenters. The van der Waals surface area contributed by atoms with Crippen molar-refractivity contribution in [3.63, 3.8) is 0 Å². The Kier molecular flexibility index (Phi) is 10.5. The van der Waals surface area contributed by atoms with E-state index in [-0.39, 0.29) is 17.2 Å². The Bertz CT molecular complexity index is 1010. The van der Waals surface area contributed by atoms with Gasteiger partial charge in [0.05, 0.1) is 23.1 Å². The lowest BCUT2D eigenvalue weighted by Crippen LogP contribution is -2.50. The third-order valence-electron chi connectivity index (χ3n) is 6.35. The van der Waals surface area contributed by atoms with Crippen molar-refractivity contribution >= 4 is 35.9 Å². The molecule has 2 rings (SSSR count). The molecule has 1 saturated heterocycles. The summed E-state index contributed by atoms with van der Waals surface area (Å²) in [6, 6.07) is 2.69. The molecule has 0 saturated carbocycles. The molecule has 37 heavy (non-hydrogen) atoms. The second-order valence-corrected chi connectivity index (χ2v) is 9.61. The molecule has 11 nitrogen and oxygen atoms in total. The number of phenols is 1. The van der Waals surface area contributed by atoms with Gasteiger partial charge in [-0.25, -0.2) is 4.79 Å². The second kappa shape index (κ2) is 13.1. The molecular formula is C26H36N2O9. The molecule has 0 spiro atoms. The van der Waals surface area contributed by atoms with Gasteiger partial charge in [-0.3, -0.25) is 19.2 Å². The molecule has 1 aliphatic rings. The van der Waals surface area contributed by atoms with Crippen LogP contribution in [0.1, 0.15) is 64.7 Å². The van der Waals surface area contributed by atoms with Crippen molar-refractivity contribution in [1.29, 1.82) is 0 Å². The molecule has 1 aromatic carbocycles. The summed E-state index contributed by atoms with van der Waals surface area (Å²) in [5, 5.41) is 15.1. The lowest BCUT2D eigenvalue weighted by atomic mass is 9.87. The molecule has 0 bridgehead atoms. The Morgan fingerprint density at radius 3 is 2.35 bits per heavy atom. The molecule has 1 aromatic rings. The lowest BCUT2D eigenvalue weighted by Gasteiger charge is -2.30. The number of aromatic hydroxyl groups is 1. The molecule has 3 N–H and O–H groups in total. The Morgan fingerprint density at radius 1 is 1.11 bits per heavy atom. The van der Waals surface area contributed by atoms with E-state index in [0.717, 1.165) is 6.42 Å². The number of anilines is 1. The summed E-state index contributed by atoms with van der Waals surface area (Å²) in [5.41, 5.74) is -0.222. The van der Waals surface area contributed by atoms with Crippen molar-refractivity contribution in [2.45, 2.75) is 78.7 Å². The molecule has 11 heteroatoms. The number of carbonyl (C=O) groups excluding carboxylic acids is 5. The van der Waals surface area contributed by atoms with Crippen LogP contribution in [-0.4, -0.2) is 59.7 Å². The topological polar surface area (TPSA) is 157 Å². The van der Waals surface area contributed by atoms with Gasteiger partial charge in [-0.2, -0.15) is 0 Å². The van der Waals surface area contributed by atoms with Crippen LogP contribution in [0.4, 0.5) is 5.69 Å². The fourth-order valence-electron chi connectivity index (χ4n) is 3.90. The van der Waals surface area contributed by atoms with Crippen LogP contribution in [-0.2, 0) is 33.4 Å². The minimum absolute atomic E-state index is 0.00418. The lowest BCUT2D eigenvalue weighted by molar-refractivity contribution is -0.177. The standard InChI is InChI=1S/C26H36N2O9/c1-7-14(4)11-18-22(37-24(32)13(2)3)16(6)36-26(34)20(15(5)35-25(18)33)28-23(31)17-9-8-10-19(21(17)30)27-12-29/h8-10,12-16,18,20,22,30H,7,11H2,1-6H3,(H,27,29)(H,28,31)/t14-,15-,16+,18-,20+,22+/m1/s1. The number of rotatable bonds is 9. The summed E-state index contributed by atoms with van der Waals surface area (Å²) < 4.78 is 16.8. The SMILES string of the molecule is CC[C@@H](C)C[C@H]1C(=O)O[C@H](C)[C@H](NC(=O)c2cccc(NC=O)c2O)C(=O)O[C@@H](C)[C@@H]1OC(=O)C(C)C. The highest BCUT2D eigenvalue weighted by Crippen LogP contribution is 2.30. The van der Waals surface area contributed by atoms with E-state index >= 15 is 0 Å². The minimum atomic E-state index is -1.43. The zero-order chi connectivity index (χ0) is 27.9. The predicted octanol–water partition coefficient (Wildman–Crippen LogP) is 2.56. The smallest absolute Gasteiger partial charge is 0.332 e. The van der Waals surface area contributed by atoms with Gasteiger partial charge in [0, 0.05) is 0 Å². The predicted molar refractivity (Wildman–Crippen MR) is 132 cm³/mol. The number of nitrogens with one attached hydrogen (secondary N) is 2. The summed E-state index contributed by atoms with van der Waals surface area (Å²) >= 11 is 0. The molecular weight excluding hydrogens is 484 g/mol. The van der Waals surface area contributed by atoms with E-state index in [4.69, 9.17) is 14.2 Å². The van der Waals surface area contributed by atoms with Gasteiger partial charge in [-0.05, 0) is 38.3 Å². The van der Waals surface area contributed by atoms with Crippen LogP contribution in [0, 0.1) is 17.8 Å². The minimum Gasteiger partial charge on any atom is -0.505 e. The van der Waals surface area contributed by atoms with Gasteiger partial charge in [0.1, 0.15) is 12.2 Å². The number of esters is 3. The number of phenolic OH excluding ortho intramolecular Hbond substituents is 1. The van der Waals surface area contributed by atoms with Gasteiger partial charge in [0.15, 0.2) is 17.9 Å². The first-order valence-electron chi connectivity index (χ1n) is 12.4. The van der Waals surface area contributed by atoms with Gasteiger partial charge < -0.3 is 30.0 Å². The third kappa shape index (κ3) is 7.43. The van der Waals surface area contributed by atoms with Crippen molar-refractivity contribution < 1.29 is 43.3 Å². The average molecular weight is 521 g/mol. The number of hydrogen-bond donors (Lipinski definition) is 3. The number of ether oxygens (including phenoxy) is 3. The number of para-hydroxylation sites is 1. The van der Waals surface area contributed by atoms with Crippen molar-refractivity contribution in [1.82, 2.24) is 5.32 Å². The average Bonchev–Trinajstić information content (AvgIpc) is 2.86. The largest absolute Gasteiger partial charge is 0.505 e. The second-order valence-electron chi connectivity index (χ2n) is 9.61. The van der Waals surface area contributed by atoms with Crippen LogP contribution in [0.15, 0.2) is 18.2 Å². The molecule has 0 radical (unpaired) electrons. The Hall–Kier alpha value is -3.63. The summed E-state index contributed by atoms with van der Waals surface area (Å²) in [5.74, 6) is -4.78. The summed E-state index contributed by atoms with van der Waals surface area (Å²) in [4.78, 5) is 62.6. The molecule has 204 valence electrons. The number of hydrogen-bond acceptors (Lipinski definition) is 9. The molecule has 0 unspecified atom stereocenters. The number of amides is 2. The monoisotopic (exact) mass is 520 g/mol. The van der Waals surface area contributed by atoms with Crippen molar-refractivity contribution in [3.05, 3.63) is 23.8 Å². The van der Waals surface area contributed by atoms with Crippen LogP contribution in [0.3, 0.4) is 0 Å². The van der Waals surface area contributed by atoms with Crippen LogP contribution in [0.5, 0.6) is 5.75 Å². The Labute approximate surface area is 216 Å². The summed E-state index contributed by atoms with van der Waals surface area (Å²) in [7, 11) is 0. The van der Waals surface area contributed by atoms with Crippen molar-refractivity contribution in [2.24, 2.45) is 17.8 Å². The van der Waals surface area contributed by atoms with Crippen molar-refractivity contribution in [2.75, 3.05) is 5.32 Å². The van der Waals surface area contributed by atoms with Crippen LogP contribution >= 0.6 is 0 Å². The molecule has 1 fully saturated rings.